The van der Waals surface area contributed by atoms with Crippen molar-refractivity contribution in [3.63, 3.8) is 0 Å². The Labute approximate surface area is 171 Å². The number of hydrogen-bond donors (Lipinski definition) is 0. The number of rotatable bonds is 3. The molecule has 7 nitrogen and oxygen atoms in total. The third kappa shape index (κ3) is 3.71. The zero-order valence-electron chi connectivity index (χ0n) is 16.9. The van der Waals surface area contributed by atoms with Gasteiger partial charge in [-0.3, -0.25) is 4.79 Å². The van der Waals surface area contributed by atoms with Gasteiger partial charge in [-0.25, -0.2) is 8.42 Å². The molecule has 2 aliphatic heterocycles. The van der Waals surface area contributed by atoms with Crippen molar-refractivity contribution in [1.29, 1.82) is 0 Å². The lowest BCUT2D eigenvalue weighted by Gasteiger charge is -2.37. The first-order chi connectivity index (χ1) is 13.9. The van der Waals surface area contributed by atoms with Gasteiger partial charge in [0.2, 0.25) is 15.9 Å². The van der Waals surface area contributed by atoms with Crippen LogP contribution in [0.15, 0.2) is 33.7 Å². The largest absolute Gasteiger partial charge is 0.360 e. The molecule has 0 bridgehead atoms. The molecule has 1 aromatic heterocycles. The molecule has 2 aliphatic rings. The van der Waals surface area contributed by atoms with Crippen LogP contribution in [0.25, 0.3) is 0 Å². The summed E-state index contributed by atoms with van der Waals surface area (Å²) in [6.07, 6.45) is 4.53. The minimum atomic E-state index is -3.94. The van der Waals surface area contributed by atoms with Gasteiger partial charge in [-0.1, -0.05) is 42.3 Å². The van der Waals surface area contributed by atoms with Crippen molar-refractivity contribution in [3.05, 3.63) is 46.8 Å². The summed E-state index contributed by atoms with van der Waals surface area (Å²) in [6.45, 7) is 4.77. The second-order valence-corrected chi connectivity index (χ2v) is 9.76. The van der Waals surface area contributed by atoms with E-state index < -0.39 is 16.1 Å². The summed E-state index contributed by atoms with van der Waals surface area (Å²) in [5.41, 5.74) is 2.29. The molecule has 1 saturated heterocycles. The fourth-order valence-electron chi connectivity index (χ4n) is 4.42. The van der Waals surface area contributed by atoms with Gasteiger partial charge in [0.15, 0.2) is 5.76 Å². The third-order valence-electron chi connectivity index (χ3n) is 5.94. The summed E-state index contributed by atoms with van der Waals surface area (Å²) in [5.74, 6) is 0.152. The van der Waals surface area contributed by atoms with Gasteiger partial charge in [-0.05, 0) is 44.2 Å². The zero-order valence-corrected chi connectivity index (χ0v) is 17.7. The molecule has 1 amide bonds. The monoisotopic (exact) mass is 417 g/mol. The number of fused-ring (bicyclic) bond motifs is 1. The molecule has 1 unspecified atom stereocenters. The summed E-state index contributed by atoms with van der Waals surface area (Å²) in [4.78, 5) is 15.4. The van der Waals surface area contributed by atoms with E-state index in [0.29, 0.717) is 25.2 Å². The molecule has 0 N–H and O–H groups in total. The lowest BCUT2D eigenvalue weighted by Crippen LogP contribution is -2.53. The van der Waals surface area contributed by atoms with Crippen LogP contribution in [0, 0.1) is 13.8 Å². The van der Waals surface area contributed by atoms with Crippen LogP contribution >= 0.6 is 0 Å². The Bertz CT molecular complexity index is 987. The molecule has 1 fully saturated rings. The van der Waals surface area contributed by atoms with Gasteiger partial charge in [0.05, 0.1) is 0 Å². The first kappa shape index (κ1) is 20.1. The number of nitrogens with zero attached hydrogens (tertiary/aromatic N) is 3. The summed E-state index contributed by atoms with van der Waals surface area (Å²) in [7, 11) is -3.94. The molecule has 0 saturated carbocycles. The Morgan fingerprint density at radius 3 is 2.34 bits per heavy atom. The fraction of sp³-hybridized carbons (Fsp3) is 0.524. The molecule has 29 heavy (non-hydrogen) atoms. The predicted octanol–water partition coefficient (Wildman–Crippen LogP) is 2.81. The lowest BCUT2D eigenvalue weighted by atomic mass is 9.95. The van der Waals surface area contributed by atoms with E-state index in [1.54, 1.807) is 13.8 Å². The molecule has 0 radical (unpaired) electrons. The lowest BCUT2D eigenvalue weighted by molar-refractivity contribution is -0.135. The second-order valence-electron chi connectivity index (χ2n) is 7.93. The van der Waals surface area contributed by atoms with Gasteiger partial charge in [-0.2, -0.15) is 4.31 Å². The summed E-state index contributed by atoms with van der Waals surface area (Å²) < 4.78 is 33.7. The maximum Gasteiger partial charge on any atom is 0.249 e. The highest BCUT2D eigenvalue weighted by Crippen LogP contribution is 2.32. The second kappa shape index (κ2) is 7.91. The number of hydrogen-bond acceptors (Lipinski definition) is 5. The molecule has 4 rings (SSSR count). The number of aromatic nitrogens is 1. The van der Waals surface area contributed by atoms with Crippen LogP contribution < -0.4 is 0 Å². The standard InChI is InChI=1S/C21H27N3O4S/c1-15-20(16(2)28-22-15)29(26,27)24-14-18-10-6-5-9-17(18)13-19(24)21(25)23-11-7-3-4-8-12-23/h5-6,9-10,19H,3-4,7-8,11-14H2,1-2H3. The summed E-state index contributed by atoms with van der Waals surface area (Å²) >= 11 is 0. The number of benzene rings is 1. The maximum absolute atomic E-state index is 13.6. The molecule has 0 spiro atoms. The molecule has 1 atom stereocenters. The normalized spacial score (nSPS) is 20.9. The van der Waals surface area contributed by atoms with E-state index in [9.17, 15) is 13.2 Å². The van der Waals surface area contributed by atoms with Gasteiger partial charge in [0.1, 0.15) is 16.6 Å². The van der Waals surface area contributed by atoms with Crippen molar-refractivity contribution in [2.24, 2.45) is 0 Å². The molecule has 156 valence electrons. The van der Waals surface area contributed by atoms with Crippen molar-refractivity contribution in [2.45, 2.75) is 63.4 Å². The Morgan fingerprint density at radius 2 is 1.72 bits per heavy atom. The molecular formula is C21H27N3O4S. The van der Waals surface area contributed by atoms with E-state index in [4.69, 9.17) is 4.52 Å². The number of sulfonamides is 1. The van der Waals surface area contributed by atoms with Gasteiger partial charge in [0.25, 0.3) is 0 Å². The van der Waals surface area contributed by atoms with Crippen LogP contribution in [0.1, 0.15) is 48.3 Å². The van der Waals surface area contributed by atoms with Gasteiger partial charge in [-0.15, -0.1) is 0 Å². The number of aryl methyl sites for hydroxylation is 2. The molecule has 8 heteroatoms. The number of amides is 1. The SMILES string of the molecule is Cc1noc(C)c1S(=O)(=O)N1Cc2ccccc2CC1C(=O)N1CCCCCC1. The fourth-order valence-corrected chi connectivity index (χ4v) is 6.28. The van der Waals surface area contributed by atoms with Crippen LogP contribution in [0.3, 0.4) is 0 Å². The van der Waals surface area contributed by atoms with Crippen molar-refractivity contribution in [1.82, 2.24) is 14.4 Å². The number of carbonyl (C=O) groups excluding carboxylic acids is 1. The summed E-state index contributed by atoms with van der Waals surface area (Å²) in [6, 6.07) is 7.00. The van der Waals surface area contributed by atoms with E-state index in [1.165, 1.54) is 4.31 Å². The highest BCUT2D eigenvalue weighted by molar-refractivity contribution is 7.89. The van der Waals surface area contributed by atoms with Crippen LogP contribution in [0.4, 0.5) is 0 Å². The first-order valence-electron chi connectivity index (χ1n) is 10.2. The van der Waals surface area contributed by atoms with E-state index in [0.717, 1.165) is 36.8 Å². The van der Waals surface area contributed by atoms with Gasteiger partial charge in [0, 0.05) is 19.6 Å². The first-order valence-corrected chi connectivity index (χ1v) is 11.6. The highest BCUT2D eigenvalue weighted by Gasteiger charge is 2.43. The Hall–Kier alpha value is -2.19. The van der Waals surface area contributed by atoms with Crippen molar-refractivity contribution in [3.8, 4) is 0 Å². The van der Waals surface area contributed by atoms with Crippen LogP contribution in [0.2, 0.25) is 0 Å². The topological polar surface area (TPSA) is 83.7 Å². The molecule has 2 aromatic rings. The van der Waals surface area contributed by atoms with Crippen LogP contribution in [0.5, 0.6) is 0 Å². The minimum absolute atomic E-state index is 0.0746. The van der Waals surface area contributed by atoms with Crippen molar-refractivity contribution in [2.75, 3.05) is 13.1 Å². The van der Waals surface area contributed by atoms with Gasteiger partial charge >= 0.3 is 0 Å². The van der Waals surface area contributed by atoms with E-state index in [-0.39, 0.29) is 23.1 Å². The smallest absolute Gasteiger partial charge is 0.249 e. The van der Waals surface area contributed by atoms with Crippen molar-refractivity contribution >= 4 is 15.9 Å². The molecule has 3 heterocycles. The average Bonchev–Trinajstić information content (AvgIpc) is 2.90. The zero-order chi connectivity index (χ0) is 20.6. The Morgan fingerprint density at radius 1 is 1.07 bits per heavy atom. The average molecular weight is 418 g/mol. The predicted molar refractivity (Wildman–Crippen MR) is 108 cm³/mol. The third-order valence-corrected chi connectivity index (χ3v) is 8.04. The quantitative estimate of drug-likeness (QED) is 0.767. The van der Waals surface area contributed by atoms with Crippen LogP contribution in [-0.2, 0) is 27.8 Å². The molecule has 1 aromatic carbocycles. The number of likely N-dealkylation sites (tertiary alicyclic amines) is 1. The summed E-state index contributed by atoms with van der Waals surface area (Å²) in [5, 5.41) is 3.82. The minimum Gasteiger partial charge on any atom is -0.360 e. The van der Waals surface area contributed by atoms with E-state index in [2.05, 4.69) is 5.16 Å². The maximum atomic E-state index is 13.6. The van der Waals surface area contributed by atoms with Crippen LogP contribution in [-0.4, -0.2) is 47.8 Å². The Kier molecular flexibility index (Phi) is 5.48. The number of carbonyl (C=O) groups is 1. The molecular weight excluding hydrogens is 390 g/mol. The molecule has 0 aliphatic carbocycles. The van der Waals surface area contributed by atoms with Gasteiger partial charge < -0.3 is 9.42 Å². The van der Waals surface area contributed by atoms with E-state index >= 15 is 0 Å². The van der Waals surface area contributed by atoms with Crippen molar-refractivity contribution < 1.29 is 17.7 Å². The highest BCUT2D eigenvalue weighted by atomic mass is 32.2. The van der Waals surface area contributed by atoms with E-state index in [1.807, 2.05) is 29.2 Å². The Balaban J connectivity index is 1.75.